The van der Waals surface area contributed by atoms with Crippen LogP contribution >= 0.6 is 0 Å². The molecule has 1 N–H and O–H groups in total. The predicted octanol–water partition coefficient (Wildman–Crippen LogP) is 2.30. The molecular formula is C17H21N3O3. The Morgan fingerprint density at radius 3 is 2.78 bits per heavy atom. The SMILES string of the molecule is CC(C)(C)OC(=O)NC1CCN(C(=O)c2cccc(C#N)c2)C1. The molecule has 2 amide bonds. The Bertz CT molecular complexity index is 643. The second-order valence-electron chi connectivity index (χ2n) is 6.58. The van der Waals surface area contributed by atoms with Crippen molar-refractivity contribution in [2.24, 2.45) is 0 Å². The number of nitriles is 1. The van der Waals surface area contributed by atoms with Gasteiger partial charge in [-0.05, 0) is 45.4 Å². The van der Waals surface area contributed by atoms with Crippen LogP contribution in [0.1, 0.15) is 43.1 Å². The quantitative estimate of drug-likeness (QED) is 0.908. The predicted molar refractivity (Wildman–Crippen MR) is 84.8 cm³/mol. The largest absolute Gasteiger partial charge is 0.444 e. The van der Waals surface area contributed by atoms with Crippen LogP contribution in [0.2, 0.25) is 0 Å². The summed E-state index contributed by atoms with van der Waals surface area (Å²) in [6.07, 6.45) is 0.214. The van der Waals surface area contributed by atoms with Crippen molar-refractivity contribution in [2.75, 3.05) is 13.1 Å². The molecule has 0 spiro atoms. The molecule has 0 radical (unpaired) electrons. The van der Waals surface area contributed by atoms with Crippen molar-refractivity contribution in [1.82, 2.24) is 10.2 Å². The van der Waals surface area contributed by atoms with Gasteiger partial charge >= 0.3 is 6.09 Å². The number of carbonyl (C=O) groups is 2. The van der Waals surface area contributed by atoms with E-state index in [1.54, 1.807) is 49.9 Å². The Morgan fingerprint density at radius 2 is 2.13 bits per heavy atom. The van der Waals surface area contributed by atoms with Crippen LogP contribution in [0.4, 0.5) is 4.79 Å². The van der Waals surface area contributed by atoms with Crippen LogP contribution in [0.15, 0.2) is 24.3 Å². The van der Waals surface area contributed by atoms with Crippen LogP contribution in [0.3, 0.4) is 0 Å². The first-order valence-corrected chi connectivity index (χ1v) is 7.57. The minimum Gasteiger partial charge on any atom is -0.444 e. The smallest absolute Gasteiger partial charge is 0.407 e. The lowest BCUT2D eigenvalue weighted by Crippen LogP contribution is -2.41. The number of alkyl carbamates (subject to hydrolysis) is 1. The molecule has 1 saturated heterocycles. The molecule has 2 rings (SSSR count). The minimum atomic E-state index is -0.546. The van der Waals surface area contributed by atoms with Gasteiger partial charge in [0.1, 0.15) is 5.60 Å². The van der Waals surface area contributed by atoms with Gasteiger partial charge in [-0.15, -0.1) is 0 Å². The van der Waals surface area contributed by atoms with E-state index in [1.807, 2.05) is 6.07 Å². The molecule has 0 saturated carbocycles. The van der Waals surface area contributed by atoms with Crippen LogP contribution in [0.5, 0.6) is 0 Å². The van der Waals surface area contributed by atoms with Gasteiger partial charge in [0.15, 0.2) is 0 Å². The third-order valence-electron chi connectivity index (χ3n) is 3.43. The topological polar surface area (TPSA) is 82.4 Å². The summed E-state index contributed by atoms with van der Waals surface area (Å²) in [5, 5.41) is 11.7. The number of hydrogen-bond acceptors (Lipinski definition) is 4. The van der Waals surface area contributed by atoms with E-state index in [1.165, 1.54) is 0 Å². The Kier molecular flexibility index (Phi) is 4.89. The molecule has 1 aromatic rings. The summed E-state index contributed by atoms with van der Waals surface area (Å²) in [4.78, 5) is 25.9. The number of nitrogens with one attached hydrogen (secondary N) is 1. The highest BCUT2D eigenvalue weighted by atomic mass is 16.6. The molecular weight excluding hydrogens is 294 g/mol. The van der Waals surface area contributed by atoms with Gasteiger partial charge in [0.05, 0.1) is 17.7 Å². The highest BCUT2D eigenvalue weighted by Gasteiger charge is 2.29. The molecule has 0 aliphatic carbocycles. The Labute approximate surface area is 136 Å². The highest BCUT2D eigenvalue weighted by Crippen LogP contribution is 2.15. The van der Waals surface area contributed by atoms with Crippen LogP contribution in [0, 0.1) is 11.3 Å². The van der Waals surface area contributed by atoms with Gasteiger partial charge in [0.25, 0.3) is 5.91 Å². The van der Waals surface area contributed by atoms with E-state index in [0.717, 1.165) is 0 Å². The maximum Gasteiger partial charge on any atom is 0.407 e. The third kappa shape index (κ3) is 4.71. The molecule has 1 aliphatic heterocycles. The number of amides is 2. The first-order chi connectivity index (χ1) is 10.8. The summed E-state index contributed by atoms with van der Waals surface area (Å²) in [6, 6.07) is 8.53. The summed E-state index contributed by atoms with van der Waals surface area (Å²) >= 11 is 0. The number of nitrogens with zero attached hydrogens (tertiary/aromatic N) is 2. The maximum absolute atomic E-state index is 12.4. The number of ether oxygens (including phenoxy) is 1. The Morgan fingerprint density at radius 1 is 1.39 bits per heavy atom. The second kappa shape index (κ2) is 6.69. The van der Waals surface area contributed by atoms with Gasteiger partial charge < -0.3 is 15.0 Å². The van der Waals surface area contributed by atoms with Crippen molar-refractivity contribution in [3.05, 3.63) is 35.4 Å². The molecule has 122 valence electrons. The number of rotatable bonds is 2. The van der Waals surface area contributed by atoms with Crippen molar-refractivity contribution >= 4 is 12.0 Å². The second-order valence-corrected chi connectivity index (χ2v) is 6.58. The van der Waals surface area contributed by atoms with Gasteiger partial charge in [-0.3, -0.25) is 4.79 Å². The van der Waals surface area contributed by atoms with Crippen molar-refractivity contribution in [3.8, 4) is 6.07 Å². The molecule has 6 nitrogen and oxygen atoms in total. The molecule has 6 heteroatoms. The van der Waals surface area contributed by atoms with Gasteiger partial charge in [0.2, 0.25) is 0 Å². The summed E-state index contributed by atoms with van der Waals surface area (Å²) < 4.78 is 5.22. The van der Waals surface area contributed by atoms with E-state index in [0.29, 0.717) is 30.6 Å². The van der Waals surface area contributed by atoms with Crippen molar-refractivity contribution in [1.29, 1.82) is 5.26 Å². The molecule has 1 atom stereocenters. The van der Waals surface area contributed by atoms with E-state index in [4.69, 9.17) is 10.00 Å². The Balaban J connectivity index is 1.93. The summed E-state index contributed by atoms with van der Waals surface area (Å²) in [5.41, 5.74) is 0.399. The normalized spacial score (nSPS) is 17.5. The Hall–Kier alpha value is -2.55. The van der Waals surface area contributed by atoms with Crippen LogP contribution in [-0.4, -0.2) is 41.6 Å². The van der Waals surface area contributed by atoms with Crippen LogP contribution in [-0.2, 0) is 4.74 Å². The van der Waals surface area contributed by atoms with Gasteiger partial charge in [0, 0.05) is 18.7 Å². The maximum atomic E-state index is 12.4. The lowest BCUT2D eigenvalue weighted by Gasteiger charge is -2.22. The molecule has 1 aliphatic rings. The fraction of sp³-hybridized carbons (Fsp3) is 0.471. The lowest BCUT2D eigenvalue weighted by atomic mass is 10.1. The molecule has 23 heavy (non-hydrogen) atoms. The van der Waals surface area contributed by atoms with E-state index < -0.39 is 11.7 Å². The average molecular weight is 315 g/mol. The molecule has 1 unspecified atom stereocenters. The number of carbonyl (C=O) groups excluding carboxylic acids is 2. The highest BCUT2D eigenvalue weighted by molar-refractivity contribution is 5.94. The number of hydrogen-bond donors (Lipinski definition) is 1. The van der Waals surface area contributed by atoms with E-state index in [2.05, 4.69) is 5.32 Å². The zero-order valence-electron chi connectivity index (χ0n) is 13.6. The number of benzene rings is 1. The van der Waals surface area contributed by atoms with Crippen LogP contribution in [0.25, 0.3) is 0 Å². The van der Waals surface area contributed by atoms with Gasteiger partial charge in [-0.1, -0.05) is 6.07 Å². The summed E-state index contributed by atoms with van der Waals surface area (Å²) in [5.74, 6) is -0.129. The zero-order chi connectivity index (χ0) is 17.0. The summed E-state index contributed by atoms with van der Waals surface area (Å²) in [6.45, 7) is 6.42. The molecule has 1 aromatic carbocycles. The van der Waals surface area contributed by atoms with E-state index in [-0.39, 0.29) is 11.9 Å². The fourth-order valence-electron chi connectivity index (χ4n) is 2.44. The van der Waals surface area contributed by atoms with Crippen molar-refractivity contribution in [3.63, 3.8) is 0 Å². The van der Waals surface area contributed by atoms with E-state index >= 15 is 0 Å². The lowest BCUT2D eigenvalue weighted by molar-refractivity contribution is 0.0502. The number of likely N-dealkylation sites (tertiary alicyclic amines) is 1. The minimum absolute atomic E-state index is 0.118. The monoisotopic (exact) mass is 315 g/mol. The van der Waals surface area contributed by atoms with Gasteiger partial charge in [-0.2, -0.15) is 5.26 Å². The standard InChI is InChI=1S/C17H21N3O3/c1-17(2,3)23-16(22)19-14-7-8-20(11-14)15(21)13-6-4-5-12(9-13)10-18/h4-6,9,14H,7-8,11H2,1-3H3,(H,19,22). The van der Waals surface area contributed by atoms with Crippen LogP contribution < -0.4 is 5.32 Å². The molecule has 0 bridgehead atoms. The first-order valence-electron chi connectivity index (χ1n) is 7.57. The zero-order valence-corrected chi connectivity index (χ0v) is 13.6. The fourth-order valence-corrected chi connectivity index (χ4v) is 2.44. The third-order valence-corrected chi connectivity index (χ3v) is 3.43. The van der Waals surface area contributed by atoms with Crippen molar-refractivity contribution in [2.45, 2.75) is 38.8 Å². The van der Waals surface area contributed by atoms with E-state index in [9.17, 15) is 9.59 Å². The first kappa shape index (κ1) is 16.8. The summed E-state index contributed by atoms with van der Waals surface area (Å²) in [7, 11) is 0. The molecule has 1 heterocycles. The average Bonchev–Trinajstić information content (AvgIpc) is 2.92. The molecule has 0 aromatic heterocycles. The molecule has 1 fully saturated rings. The van der Waals surface area contributed by atoms with Crippen molar-refractivity contribution < 1.29 is 14.3 Å². The van der Waals surface area contributed by atoms with Gasteiger partial charge in [-0.25, -0.2) is 4.79 Å².